The lowest BCUT2D eigenvalue weighted by molar-refractivity contribution is 0.295. The average molecular weight is 291 g/mol. The van der Waals surface area contributed by atoms with Crippen molar-refractivity contribution in [2.75, 3.05) is 13.6 Å². The molecule has 0 spiro atoms. The monoisotopic (exact) mass is 291 g/mol. The maximum atomic E-state index is 8.76. The Kier molecular flexibility index (Phi) is 6.69. The molecular formula is C17H29N3O. The van der Waals surface area contributed by atoms with Crippen molar-refractivity contribution < 1.29 is 5.21 Å². The van der Waals surface area contributed by atoms with Gasteiger partial charge in [0.05, 0.1) is 0 Å². The molecule has 1 aromatic rings. The number of hydrogen-bond donors (Lipinski definition) is 2. The maximum absolute atomic E-state index is 8.76. The third-order valence-electron chi connectivity index (χ3n) is 4.09. The van der Waals surface area contributed by atoms with Crippen LogP contribution >= 0.6 is 0 Å². The van der Waals surface area contributed by atoms with E-state index in [1.165, 1.54) is 11.1 Å². The molecule has 0 saturated carbocycles. The SMILES string of the molecule is Cc1ccccc1CN(C)CCCCC(C)(C)/C(N)=N/O. The van der Waals surface area contributed by atoms with E-state index in [1.54, 1.807) is 0 Å². The van der Waals surface area contributed by atoms with E-state index >= 15 is 0 Å². The molecule has 0 amide bonds. The fourth-order valence-corrected chi connectivity index (χ4v) is 2.37. The van der Waals surface area contributed by atoms with E-state index in [0.717, 1.165) is 32.4 Å². The van der Waals surface area contributed by atoms with E-state index < -0.39 is 0 Å². The molecule has 1 rings (SSSR count). The van der Waals surface area contributed by atoms with Crippen LogP contribution in [0.3, 0.4) is 0 Å². The van der Waals surface area contributed by atoms with E-state index in [1.807, 2.05) is 13.8 Å². The molecule has 0 aromatic heterocycles. The Morgan fingerprint density at radius 3 is 2.57 bits per heavy atom. The number of unbranched alkanes of at least 4 members (excludes halogenated alkanes) is 1. The normalized spacial score (nSPS) is 12.9. The van der Waals surface area contributed by atoms with Gasteiger partial charge in [0.2, 0.25) is 0 Å². The Morgan fingerprint density at radius 1 is 1.29 bits per heavy atom. The zero-order valence-electron chi connectivity index (χ0n) is 13.8. The summed E-state index contributed by atoms with van der Waals surface area (Å²) in [5.41, 5.74) is 8.20. The smallest absolute Gasteiger partial charge is 0.144 e. The second kappa shape index (κ2) is 8.03. The number of oxime groups is 1. The zero-order chi connectivity index (χ0) is 15.9. The topological polar surface area (TPSA) is 61.8 Å². The first-order chi connectivity index (χ1) is 9.86. The summed E-state index contributed by atoms with van der Waals surface area (Å²) in [5.74, 6) is 0.316. The predicted molar refractivity (Wildman–Crippen MR) is 88.6 cm³/mol. The summed E-state index contributed by atoms with van der Waals surface area (Å²) in [4.78, 5) is 2.35. The second-order valence-electron chi connectivity index (χ2n) is 6.49. The zero-order valence-corrected chi connectivity index (χ0v) is 13.8. The summed E-state index contributed by atoms with van der Waals surface area (Å²) in [6.45, 7) is 8.22. The molecule has 3 N–H and O–H groups in total. The number of hydrogen-bond acceptors (Lipinski definition) is 3. The lowest BCUT2D eigenvalue weighted by atomic mass is 9.86. The minimum atomic E-state index is -0.233. The fourth-order valence-electron chi connectivity index (χ4n) is 2.37. The van der Waals surface area contributed by atoms with Gasteiger partial charge in [0.1, 0.15) is 5.84 Å². The van der Waals surface area contributed by atoms with Gasteiger partial charge in [0, 0.05) is 12.0 Å². The number of nitrogens with zero attached hydrogens (tertiary/aromatic N) is 2. The Balaban J connectivity index is 2.32. The van der Waals surface area contributed by atoms with E-state index in [4.69, 9.17) is 10.9 Å². The van der Waals surface area contributed by atoms with Crippen LogP contribution in [-0.4, -0.2) is 29.5 Å². The second-order valence-corrected chi connectivity index (χ2v) is 6.49. The molecule has 0 fully saturated rings. The number of nitrogens with two attached hydrogens (primary N) is 1. The molecule has 0 aliphatic heterocycles. The van der Waals surface area contributed by atoms with Gasteiger partial charge >= 0.3 is 0 Å². The summed E-state index contributed by atoms with van der Waals surface area (Å²) in [7, 11) is 2.15. The van der Waals surface area contributed by atoms with Crippen LogP contribution in [0.2, 0.25) is 0 Å². The van der Waals surface area contributed by atoms with Crippen molar-refractivity contribution in [2.24, 2.45) is 16.3 Å². The van der Waals surface area contributed by atoms with Crippen LogP contribution in [0.15, 0.2) is 29.4 Å². The van der Waals surface area contributed by atoms with Crippen LogP contribution in [0.5, 0.6) is 0 Å². The van der Waals surface area contributed by atoms with Crippen LogP contribution in [0.4, 0.5) is 0 Å². The highest BCUT2D eigenvalue weighted by Crippen LogP contribution is 2.23. The Bertz CT molecular complexity index is 469. The third kappa shape index (κ3) is 5.76. The van der Waals surface area contributed by atoms with Crippen molar-refractivity contribution in [3.05, 3.63) is 35.4 Å². The largest absolute Gasteiger partial charge is 0.409 e. The van der Waals surface area contributed by atoms with Crippen LogP contribution in [0.1, 0.15) is 44.2 Å². The minimum Gasteiger partial charge on any atom is -0.409 e. The molecule has 21 heavy (non-hydrogen) atoms. The molecule has 0 aliphatic rings. The van der Waals surface area contributed by atoms with Gasteiger partial charge in [0.25, 0.3) is 0 Å². The van der Waals surface area contributed by atoms with Gasteiger partial charge in [-0.05, 0) is 44.5 Å². The van der Waals surface area contributed by atoms with E-state index in [2.05, 4.69) is 48.3 Å². The number of amidine groups is 1. The summed E-state index contributed by atoms with van der Waals surface area (Å²) < 4.78 is 0. The number of aryl methyl sites for hydroxylation is 1. The van der Waals surface area contributed by atoms with Crippen molar-refractivity contribution in [1.29, 1.82) is 0 Å². The van der Waals surface area contributed by atoms with Crippen LogP contribution in [0, 0.1) is 12.3 Å². The summed E-state index contributed by atoms with van der Waals surface area (Å²) in [5, 5.41) is 11.9. The molecule has 0 saturated heterocycles. The molecule has 4 nitrogen and oxygen atoms in total. The first kappa shape index (κ1) is 17.5. The predicted octanol–water partition coefficient (Wildman–Crippen LogP) is 3.37. The highest BCUT2D eigenvalue weighted by atomic mass is 16.4. The average Bonchev–Trinajstić information content (AvgIpc) is 2.45. The summed E-state index contributed by atoms with van der Waals surface area (Å²) >= 11 is 0. The molecule has 0 bridgehead atoms. The van der Waals surface area contributed by atoms with Gasteiger partial charge in [-0.2, -0.15) is 0 Å². The maximum Gasteiger partial charge on any atom is 0.144 e. The van der Waals surface area contributed by atoms with E-state index in [9.17, 15) is 0 Å². The van der Waals surface area contributed by atoms with Gasteiger partial charge in [-0.1, -0.05) is 49.7 Å². The van der Waals surface area contributed by atoms with Crippen LogP contribution in [0.25, 0.3) is 0 Å². The minimum absolute atomic E-state index is 0.233. The fraction of sp³-hybridized carbons (Fsp3) is 0.588. The Hall–Kier alpha value is -1.55. The van der Waals surface area contributed by atoms with Gasteiger partial charge in [0.15, 0.2) is 0 Å². The van der Waals surface area contributed by atoms with Gasteiger partial charge < -0.3 is 15.8 Å². The summed E-state index contributed by atoms with van der Waals surface area (Å²) in [6.07, 6.45) is 3.12. The third-order valence-corrected chi connectivity index (χ3v) is 4.09. The van der Waals surface area contributed by atoms with E-state index in [-0.39, 0.29) is 5.41 Å². The Morgan fingerprint density at radius 2 is 1.95 bits per heavy atom. The van der Waals surface area contributed by atoms with Gasteiger partial charge in [-0.3, -0.25) is 0 Å². The molecule has 1 aromatic carbocycles. The molecule has 0 heterocycles. The summed E-state index contributed by atoms with van der Waals surface area (Å²) in [6, 6.07) is 8.51. The lowest BCUT2D eigenvalue weighted by Gasteiger charge is -2.23. The number of benzene rings is 1. The van der Waals surface area contributed by atoms with E-state index in [0.29, 0.717) is 5.84 Å². The van der Waals surface area contributed by atoms with Crippen LogP contribution < -0.4 is 5.73 Å². The van der Waals surface area contributed by atoms with Crippen molar-refractivity contribution >= 4 is 5.84 Å². The van der Waals surface area contributed by atoms with Gasteiger partial charge in [-0.15, -0.1) is 0 Å². The standard InChI is InChI=1S/C17H29N3O/c1-14-9-5-6-10-15(14)13-20(4)12-8-7-11-17(2,3)16(18)19-21/h5-6,9-10,21H,7-8,11-13H2,1-4H3,(H2,18,19). The molecule has 118 valence electrons. The lowest BCUT2D eigenvalue weighted by Crippen LogP contribution is -2.32. The molecule has 0 unspecified atom stereocenters. The number of rotatable bonds is 8. The molecule has 0 atom stereocenters. The van der Waals surface area contributed by atoms with Crippen molar-refractivity contribution in [2.45, 2.75) is 46.6 Å². The van der Waals surface area contributed by atoms with Gasteiger partial charge in [-0.25, -0.2) is 0 Å². The molecule has 0 aliphatic carbocycles. The quantitative estimate of drug-likeness (QED) is 0.254. The van der Waals surface area contributed by atoms with Crippen molar-refractivity contribution in [1.82, 2.24) is 4.90 Å². The van der Waals surface area contributed by atoms with Crippen molar-refractivity contribution in [3.8, 4) is 0 Å². The Labute approximate surface area is 128 Å². The molecular weight excluding hydrogens is 262 g/mol. The first-order valence-corrected chi connectivity index (χ1v) is 7.58. The highest BCUT2D eigenvalue weighted by molar-refractivity contribution is 5.85. The molecule has 0 radical (unpaired) electrons. The van der Waals surface area contributed by atoms with Crippen molar-refractivity contribution in [3.63, 3.8) is 0 Å². The molecule has 4 heteroatoms. The highest BCUT2D eigenvalue weighted by Gasteiger charge is 2.22. The first-order valence-electron chi connectivity index (χ1n) is 7.58. The van der Waals surface area contributed by atoms with Crippen LogP contribution in [-0.2, 0) is 6.54 Å².